The number of aryl methyl sites for hydroxylation is 1. The minimum Gasteiger partial charge on any atom is -0.508 e. The number of carbonyl (C=O) groups excluding carboxylic acids is 1. The summed E-state index contributed by atoms with van der Waals surface area (Å²) in [5.41, 5.74) is 1.12. The molecule has 0 bridgehead atoms. The molecule has 0 fully saturated rings. The largest absolute Gasteiger partial charge is 0.508 e. The van der Waals surface area contributed by atoms with Gasteiger partial charge in [-0.15, -0.1) is 0 Å². The Hall–Kier alpha value is -2.01. The first kappa shape index (κ1) is 12.4. The number of aromatic amines is 1. The predicted molar refractivity (Wildman–Crippen MR) is 69.0 cm³/mol. The highest BCUT2D eigenvalue weighted by atomic mass is 35.5. The van der Waals surface area contributed by atoms with E-state index < -0.39 is 5.91 Å². The van der Waals surface area contributed by atoms with Gasteiger partial charge in [-0.25, -0.2) is 0 Å². The van der Waals surface area contributed by atoms with Crippen molar-refractivity contribution in [3.8, 4) is 5.75 Å². The van der Waals surface area contributed by atoms with Gasteiger partial charge in [-0.1, -0.05) is 18.5 Å². The SMILES string of the molecule is CCc1cn[nH]c1NC(=O)c1cc(O)ccc1Cl. The van der Waals surface area contributed by atoms with Gasteiger partial charge in [0.25, 0.3) is 5.91 Å². The van der Waals surface area contributed by atoms with Gasteiger partial charge < -0.3 is 10.4 Å². The van der Waals surface area contributed by atoms with E-state index in [9.17, 15) is 9.90 Å². The maximum atomic E-state index is 12.0. The second-order valence-corrected chi connectivity index (χ2v) is 4.15. The van der Waals surface area contributed by atoms with Crippen LogP contribution in [0.25, 0.3) is 0 Å². The summed E-state index contributed by atoms with van der Waals surface area (Å²) in [5.74, 6) is 0.140. The molecule has 1 aromatic heterocycles. The third-order valence-electron chi connectivity index (χ3n) is 2.53. The van der Waals surface area contributed by atoms with Crippen LogP contribution < -0.4 is 5.32 Å². The van der Waals surface area contributed by atoms with Gasteiger partial charge in [0.1, 0.15) is 11.6 Å². The number of phenols is 1. The van der Waals surface area contributed by atoms with Crippen LogP contribution in [0.2, 0.25) is 5.02 Å². The van der Waals surface area contributed by atoms with Crippen LogP contribution in [0.3, 0.4) is 0 Å². The van der Waals surface area contributed by atoms with Crippen LogP contribution in [0.15, 0.2) is 24.4 Å². The van der Waals surface area contributed by atoms with Crippen molar-refractivity contribution in [3.05, 3.63) is 40.5 Å². The number of rotatable bonds is 3. The van der Waals surface area contributed by atoms with Crippen LogP contribution in [-0.4, -0.2) is 21.2 Å². The van der Waals surface area contributed by atoms with Gasteiger partial charge in [0, 0.05) is 5.56 Å². The number of nitrogens with one attached hydrogen (secondary N) is 2. The number of hydrogen-bond donors (Lipinski definition) is 3. The van der Waals surface area contributed by atoms with Gasteiger partial charge in [0.2, 0.25) is 0 Å². The molecule has 3 N–H and O–H groups in total. The van der Waals surface area contributed by atoms with Gasteiger partial charge in [0.15, 0.2) is 0 Å². The zero-order valence-corrected chi connectivity index (χ0v) is 10.5. The van der Waals surface area contributed by atoms with Crippen molar-refractivity contribution in [1.82, 2.24) is 10.2 Å². The molecular weight excluding hydrogens is 254 g/mol. The first-order chi connectivity index (χ1) is 8.61. The fourth-order valence-corrected chi connectivity index (χ4v) is 1.76. The Morgan fingerprint density at radius 1 is 1.56 bits per heavy atom. The average molecular weight is 266 g/mol. The third kappa shape index (κ3) is 2.46. The topological polar surface area (TPSA) is 78.0 Å². The molecule has 0 aliphatic carbocycles. The number of amides is 1. The summed E-state index contributed by atoms with van der Waals surface area (Å²) >= 11 is 5.91. The molecule has 1 amide bonds. The van der Waals surface area contributed by atoms with Crippen molar-refractivity contribution in [1.29, 1.82) is 0 Å². The number of aromatic hydroxyl groups is 1. The normalized spacial score (nSPS) is 10.3. The second kappa shape index (κ2) is 5.10. The molecule has 2 aromatic rings. The van der Waals surface area contributed by atoms with Crippen LogP contribution in [0.1, 0.15) is 22.8 Å². The molecule has 1 aromatic carbocycles. The number of phenolic OH excluding ortho intramolecular Hbond substituents is 1. The molecule has 0 radical (unpaired) electrons. The van der Waals surface area contributed by atoms with Crippen LogP contribution in [0.5, 0.6) is 5.75 Å². The second-order valence-electron chi connectivity index (χ2n) is 3.74. The number of anilines is 1. The summed E-state index contributed by atoms with van der Waals surface area (Å²) in [7, 11) is 0. The van der Waals surface area contributed by atoms with E-state index in [2.05, 4.69) is 15.5 Å². The first-order valence-corrected chi connectivity index (χ1v) is 5.81. The summed E-state index contributed by atoms with van der Waals surface area (Å²) in [4.78, 5) is 12.0. The molecule has 6 heteroatoms. The van der Waals surface area contributed by atoms with Crippen molar-refractivity contribution in [3.63, 3.8) is 0 Å². The van der Waals surface area contributed by atoms with E-state index in [1.54, 1.807) is 6.20 Å². The zero-order valence-electron chi connectivity index (χ0n) is 9.70. The number of nitrogens with zero attached hydrogens (tertiary/aromatic N) is 1. The lowest BCUT2D eigenvalue weighted by molar-refractivity contribution is 0.102. The lowest BCUT2D eigenvalue weighted by atomic mass is 10.2. The van der Waals surface area contributed by atoms with Gasteiger partial charge in [-0.05, 0) is 24.6 Å². The molecule has 5 nitrogen and oxygen atoms in total. The molecule has 0 aliphatic rings. The van der Waals surface area contributed by atoms with Crippen molar-refractivity contribution >= 4 is 23.3 Å². The monoisotopic (exact) mass is 265 g/mol. The van der Waals surface area contributed by atoms with E-state index >= 15 is 0 Å². The number of H-pyrrole nitrogens is 1. The Kier molecular flexibility index (Phi) is 3.53. The standard InChI is InChI=1S/C12H12ClN3O2/c1-2-7-6-14-16-11(7)15-12(18)9-5-8(17)3-4-10(9)13/h3-6,17H,2H2,1H3,(H2,14,15,16,18). The minimum atomic E-state index is -0.394. The highest BCUT2D eigenvalue weighted by Gasteiger charge is 2.13. The summed E-state index contributed by atoms with van der Waals surface area (Å²) in [6.45, 7) is 1.96. The number of benzene rings is 1. The van der Waals surface area contributed by atoms with Gasteiger partial charge in [0.05, 0.1) is 16.8 Å². The van der Waals surface area contributed by atoms with E-state index in [0.717, 1.165) is 12.0 Å². The zero-order chi connectivity index (χ0) is 13.1. The Morgan fingerprint density at radius 3 is 3.06 bits per heavy atom. The molecule has 0 atom stereocenters. The highest BCUT2D eigenvalue weighted by Crippen LogP contribution is 2.22. The number of halogens is 1. The van der Waals surface area contributed by atoms with Crippen LogP contribution in [-0.2, 0) is 6.42 Å². The summed E-state index contributed by atoms with van der Waals surface area (Å²) < 4.78 is 0. The highest BCUT2D eigenvalue weighted by molar-refractivity contribution is 6.34. The molecule has 2 rings (SSSR count). The lowest BCUT2D eigenvalue weighted by Crippen LogP contribution is -2.13. The number of hydrogen-bond acceptors (Lipinski definition) is 3. The minimum absolute atomic E-state index is 0.00937. The molecule has 0 spiro atoms. The molecular formula is C12H12ClN3O2. The van der Waals surface area contributed by atoms with E-state index in [1.165, 1.54) is 18.2 Å². The van der Waals surface area contributed by atoms with Crippen molar-refractivity contribution in [2.45, 2.75) is 13.3 Å². The van der Waals surface area contributed by atoms with Crippen molar-refractivity contribution in [2.75, 3.05) is 5.32 Å². The molecule has 0 aliphatic heterocycles. The van der Waals surface area contributed by atoms with Crippen LogP contribution in [0, 0.1) is 0 Å². The number of carbonyl (C=O) groups is 1. The van der Waals surface area contributed by atoms with Gasteiger partial charge >= 0.3 is 0 Å². The number of aromatic nitrogens is 2. The Morgan fingerprint density at radius 2 is 2.33 bits per heavy atom. The molecule has 94 valence electrons. The molecule has 0 saturated heterocycles. The van der Waals surface area contributed by atoms with E-state index in [1.807, 2.05) is 6.92 Å². The quantitative estimate of drug-likeness (QED) is 0.798. The third-order valence-corrected chi connectivity index (χ3v) is 2.86. The Balaban J connectivity index is 2.25. The van der Waals surface area contributed by atoms with Crippen molar-refractivity contribution < 1.29 is 9.90 Å². The Bertz CT molecular complexity index is 580. The summed E-state index contributed by atoms with van der Waals surface area (Å²) in [6, 6.07) is 4.21. The fraction of sp³-hybridized carbons (Fsp3) is 0.167. The smallest absolute Gasteiger partial charge is 0.258 e. The fourth-order valence-electron chi connectivity index (χ4n) is 1.56. The Labute approximate surface area is 109 Å². The molecule has 0 saturated carbocycles. The summed E-state index contributed by atoms with van der Waals surface area (Å²) in [5, 5.41) is 18.9. The molecule has 1 heterocycles. The van der Waals surface area contributed by atoms with Crippen molar-refractivity contribution in [2.24, 2.45) is 0 Å². The van der Waals surface area contributed by atoms with Crippen LogP contribution >= 0.6 is 11.6 Å². The van der Waals surface area contributed by atoms with Crippen LogP contribution in [0.4, 0.5) is 5.82 Å². The van der Waals surface area contributed by atoms with E-state index in [-0.39, 0.29) is 16.3 Å². The predicted octanol–water partition coefficient (Wildman–Crippen LogP) is 2.58. The molecule has 18 heavy (non-hydrogen) atoms. The van der Waals surface area contributed by atoms with E-state index in [0.29, 0.717) is 5.82 Å². The lowest BCUT2D eigenvalue weighted by Gasteiger charge is -2.06. The van der Waals surface area contributed by atoms with Gasteiger partial charge in [-0.2, -0.15) is 5.10 Å². The maximum Gasteiger partial charge on any atom is 0.258 e. The molecule has 0 unspecified atom stereocenters. The first-order valence-electron chi connectivity index (χ1n) is 5.44. The summed E-state index contributed by atoms with van der Waals surface area (Å²) in [6.07, 6.45) is 2.40. The van der Waals surface area contributed by atoms with E-state index in [4.69, 9.17) is 11.6 Å². The average Bonchev–Trinajstić information content (AvgIpc) is 2.79. The van der Waals surface area contributed by atoms with Gasteiger partial charge in [-0.3, -0.25) is 9.89 Å². The maximum absolute atomic E-state index is 12.0.